The lowest BCUT2D eigenvalue weighted by molar-refractivity contribution is -0.0318. The van der Waals surface area contributed by atoms with Gasteiger partial charge in [-0.05, 0) is 36.3 Å². The highest BCUT2D eigenvalue weighted by atomic mass is 32.2. The molecule has 0 saturated heterocycles. The number of benzene rings is 1. The first-order valence-corrected chi connectivity index (χ1v) is 9.64. The lowest BCUT2D eigenvalue weighted by atomic mass is 9.68. The molecule has 1 aromatic rings. The van der Waals surface area contributed by atoms with Crippen LogP contribution < -0.4 is 0 Å². The van der Waals surface area contributed by atoms with Crippen LogP contribution in [0, 0.1) is 23.2 Å². The van der Waals surface area contributed by atoms with E-state index in [0.717, 1.165) is 17.7 Å². The molecule has 6 atom stereocenters. The van der Waals surface area contributed by atoms with E-state index >= 15 is 0 Å². The van der Waals surface area contributed by atoms with Gasteiger partial charge in [-0.1, -0.05) is 37.3 Å². The minimum Gasteiger partial charge on any atom is -0.388 e. The van der Waals surface area contributed by atoms with Crippen LogP contribution in [0.25, 0.3) is 0 Å². The second kappa shape index (κ2) is 4.24. The molecule has 0 aliphatic heterocycles. The first kappa shape index (κ1) is 14.5. The summed E-state index contributed by atoms with van der Waals surface area (Å²) < 4.78 is 17.6. The van der Waals surface area contributed by atoms with Crippen LogP contribution in [-0.4, -0.2) is 27.7 Å². The molecule has 4 aliphatic carbocycles. The first-order chi connectivity index (χ1) is 10.4. The Kier molecular flexibility index (Phi) is 2.78. The molecule has 4 saturated carbocycles. The highest BCUT2D eigenvalue weighted by Crippen LogP contribution is 2.80. The quantitative estimate of drug-likeness (QED) is 0.871. The fourth-order valence-corrected chi connectivity index (χ4v) is 7.50. The fraction of sp³-hybridized carbons (Fsp3) is 0.556. The molecule has 0 amide bonds. The molecule has 0 spiro atoms. The Bertz CT molecular complexity index is 765. The number of rotatable bonds is 3. The van der Waals surface area contributed by atoms with Gasteiger partial charge in [-0.15, -0.1) is 0 Å². The lowest BCUT2D eigenvalue weighted by Crippen LogP contribution is -2.49. The van der Waals surface area contributed by atoms with Crippen molar-refractivity contribution >= 4 is 9.73 Å². The van der Waals surface area contributed by atoms with Crippen LogP contribution in [0.3, 0.4) is 0 Å². The van der Waals surface area contributed by atoms with Crippen LogP contribution in [0.15, 0.2) is 51.7 Å². The van der Waals surface area contributed by atoms with Gasteiger partial charge < -0.3 is 5.11 Å². The molecule has 4 fully saturated rings. The standard InChI is InChI=1S/C18H23NO2S/c1-12-14-9-10-17(2)15(12)16(17)18(14,20)11-22(21,19-3)13-7-5-4-6-8-13/h4-8,14-16,20H,1,9-11H2,2-3H3/t14?,15?,16?,17?,18?,22-/m1/s1. The first-order valence-electron chi connectivity index (χ1n) is 7.96. The Morgan fingerprint density at radius 1 is 1.41 bits per heavy atom. The van der Waals surface area contributed by atoms with Gasteiger partial charge in [-0.3, -0.25) is 0 Å². The molecule has 4 heteroatoms. The molecule has 0 heterocycles. The van der Waals surface area contributed by atoms with Crippen molar-refractivity contribution in [2.75, 3.05) is 12.8 Å². The van der Waals surface area contributed by atoms with Crippen molar-refractivity contribution < 1.29 is 9.32 Å². The summed E-state index contributed by atoms with van der Waals surface area (Å²) in [5, 5.41) is 11.5. The number of aliphatic hydroxyl groups is 1. The van der Waals surface area contributed by atoms with Gasteiger partial charge >= 0.3 is 0 Å². The molecule has 3 nitrogen and oxygen atoms in total. The van der Waals surface area contributed by atoms with Crippen molar-refractivity contribution in [3.63, 3.8) is 0 Å². The van der Waals surface area contributed by atoms with E-state index < -0.39 is 15.3 Å². The van der Waals surface area contributed by atoms with E-state index in [1.807, 2.05) is 30.3 Å². The third-order valence-corrected chi connectivity index (χ3v) is 8.89. The molecule has 1 aromatic carbocycles. The maximum atomic E-state index is 13.4. The predicted octanol–water partition coefficient (Wildman–Crippen LogP) is 3.11. The Labute approximate surface area is 132 Å². The molecular formula is C18H23NO2S. The summed E-state index contributed by atoms with van der Waals surface area (Å²) in [6, 6.07) is 9.38. The molecule has 0 aromatic heterocycles. The average molecular weight is 317 g/mol. The fourth-order valence-electron chi connectivity index (χ4n) is 5.41. The number of nitrogens with zero attached hydrogens (tertiary/aromatic N) is 1. The summed E-state index contributed by atoms with van der Waals surface area (Å²) in [4.78, 5) is 0.724. The Morgan fingerprint density at radius 2 is 2.09 bits per heavy atom. The summed E-state index contributed by atoms with van der Waals surface area (Å²) in [5.74, 6) is 0.974. The lowest BCUT2D eigenvalue weighted by Gasteiger charge is -2.43. The molecule has 1 N–H and O–H groups in total. The van der Waals surface area contributed by atoms with Gasteiger partial charge in [0.2, 0.25) is 0 Å². The van der Waals surface area contributed by atoms with Crippen molar-refractivity contribution in [3.05, 3.63) is 42.5 Å². The van der Waals surface area contributed by atoms with Crippen LogP contribution in [0.4, 0.5) is 0 Å². The van der Waals surface area contributed by atoms with Gasteiger partial charge in [-0.2, -0.15) is 0 Å². The third kappa shape index (κ3) is 1.57. The molecular weight excluding hydrogens is 294 g/mol. The average Bonchev–Trinajstić information content (AvgIpc) is 3.11. The Balaban J connectivity index is 1.75. The Hall–Kier alpha value is -1.13. The largest absolute Gasteiger partial charge is 0.388 e. The Morgan fingerprint density at radius 3 is 2.64 bits per heavy atom. The van der Waals surface area contributed by atoms with E-state index in [0.29, 0.717) is 5.92 Å². The topological polar surface area (TPSA) is 49.7 Å². The predicted molar refractivity (Wildman–Crippen MR) is 88.0 cm³/mol. The van der Waals surface area contributed by atoms with Crippen LogP contribution in [-0.2, 0) is 9.73 Å². The highest BCUT2D eigenvalue weighted by molar-refractivity contribution is 7.93. The minimum absolute atomic E-state index is 0.0932. The van der Waals surface area contributed by atoms with Gasteiger partial charge in [0.05, 0.1) is 21.1 Å². The number of fused-ring (bicyclic) bond motifs is 1. The highest BCUT2D eigenvalue weighted by Gasteiger charge is 2.79. The maximum absolute atomic E-state index is 13.4. The van der Waals surface area contributed by atoms with Gasteiger partial charge in [0.25, 0.3) is 0 Å². The monoisotopic (exact) mass is 317 g/mol. The van der Waals surface area contributed by atoms with Crippen molar-refractivity contribution in [1.29, 1.82) is 0 Å². The maximum Gasteiger partial charge on any atom is 0.0878 e. The third-order valence-electron chi connectivity index (χ3n) is 6.44. The second-order valence-electron chi connectivity index (χ2n) is 7.40. The van der Waals surface area contributed by atoms with Gasteiger partial charge in [-0.25, -0.2) is 8.57 Å². The summed E-state index contributed by atoms with van der Waals surface area (Å²) in [6.45, 7) is 6.50. The normalized spacial score (nSPS) is 44.5. The van der Waals surface area contributed by atoms with E-state index in [4.69, 9.17) is 0 Å². The van der Waals surface area contributed by atoms with Crippen molar-refractivity contribution in [2.24, 2.45) is 27.5 Å². The van der Waals surface area contributed by atoms with Gasteiger partial charge in [0.15, 0.2) is 0 Å². The van der Waals surface area contributed by atoms with Crippen molar-refractivity contribution in [2.45, 2.75) is 30.3 Å². The molecule has 22 heavy (non-hydrogen) atoms. The van der Waals surface area contributed by atoms with E-state index in [9.17, 15) is 9.32 Å². The SMILES string of the molecule is C=C1C2C3C2(C)CCC1C3(O)C[S@](=O)(=NC)c1ccccc1. The van der Waals surface area contributed by atoms with Gasteiger partial charge in [0, 0.05) is 23.8 Å². The van der Waals surface area contributed by atoms with Crippen molar-refractivity contribution in [3.8, 4) is 0 Å². The van der Waals surface area contributed by atoms with Crippen molar-refractivity contribution in [1.82, 2.24) is 0 Å². The smallest absolute Gasteiger partial charge is 0.0878 e. The van der Waals surface area contributed by atoms with Crippen LogP contribution in [0.1, 0.15) is 19.8 Å². The number of hydrogen-bond acceptors (Lipinski definition) is 3. The van der Waals surface area contributed by atoms with E-state index in [1.165, 1.54) is 5.57 Å². The summed E-state index contributed by atoms with van der Waals surface area (Å²) >= 11 is 0. The van der Waals surface area contributed by atoms with E-state index in [-0.39, 0.29) is 23.0 Å². The molecule has 4 bridgehead atoms. The molecule has 4 aliphatic rings. The zero-order valence-corrected chi connectivity index (χ0v) is 14.0. The molecule has 0 radical (unpaired) electrons. The minimum atomic E-state index is -2.59. The van der Waals surface area contributed by atoms with E-state index in [1.54, 1.807) is 7.05 Å². The molecule has 5 unspecified atom stereocenters. The van der Waals surface area contributed by atoms with Gasteiger partial charge in [0.1, 0.15) is 0 Å². The zero-order chi connectivity index (χ0) is 15.8. The second-order valence-corrected chi connectivity index (χ2v) is 9.81. The summed E-state index contributed by atoms with van der Waals surface area (Å²) in [7, 11) is -0.989. The summed E-state index contributed by atoms with van der Waals surface area (Å²) in [6.07, 6.45) is 2.12. The summed E-state index contributed by atoms with van der Waals surface area (Å²) in [5.41, 5.74) is 0.458. The molecule has 118 valence electrons. The van der Waals surface area contributed by atoms with Crippen LogP contribution >= 0.6 is 0 Å². The zero-order valence-electron chi connectivity index (χ0n) is 13.2. The molecule has 5 rings (SSSR count). The van der Waals surface area contributed by atoms with E-state index in [2.05, 4.69) is 17.9 Å². The van der Waals surface area contributed by atoms with Crippen LogP contribution in [0.2, 0.25) is 0 Å². The van der Waals surface area contributed by atoms with Crippen LogP contribution in [0.5, 0.6) is 0 Å². The number of hydrogen-bond donors (Lipinski definition) is 1.